The van der Waals surface area contributed by atoms with E-state index in [1.807, 2.05) is 6.07 Å². The number of nitrogens with one attached hydrogen (secondary N) is 2. The number of benzene rings is 1. The first-order chi connectivity index (χ1) is 10.6. The van der Waals surface area contributed by atoms with Gasteiger partial charge in [-0.05, 0) is 56.8 Å². The minimum absolute atomic E-state index is 0.0758. The smallest absolute Gasteiger partial charge is 0.224 e. The Morgan fingerprint density at radius 2 is 2.27 bits per heavy atom. The number of aryl methyl sites for hydroxylation is 2. The molecule has 1 fully saturated rings. The molecule has 2 aromatic rings. The van der Waals surface area contributed by atoms with E-state index in [9.17, 15) is 4.79 Å². The first-order valence-corrected chi connectivity index (χ1v) is 8.09. The number of rotatable bonds is 5. The van der Waals surface area contributed by atoms with Crippen molar-refractivity contribution in [3.63, 3.8) is 0 Å². The molecule has 0 bridgehead atoms. The monoisotopic (exact) mass is 300 g/mol. The van der Waals surface area contributed by atoms with Crippen LogP contribution in [0.4, 0.5) is 0 Å². The van der Waals surface area contributed by atoms with Crippen LogP contribution in [0.1, 0.15) is 29.5 Å². The van der Waals surface area contributed by atoms with E-state index in [1.165, 1.54) is 12.0 Å². The number of amides is 1. The van der Waals surface area contributed by atoms with E-state index in [0.29, 0.717) is 12.3 Å². The molecule has 0 aliphatic carbocycles. The van der Waals surface area contributed by atoms with Crippen molar-refractivity contribution in [2.45, 2.75) is 33.1 Å². The normalized spacial score (nSPS) is 18.0. The van der Waals surface area contributed by atoms with E-state index in [0.717, 1.165) is 48.2 Å². The van der Waals surface area contributed by atoms with Gasteiger partial charge in [-0.2, -0.15) is 0 Å². The Balaban J connectivity index is 1.58. The van der Waals surface area contributed by atoms with Gasteiger partial charge < -0.3 is 15.1 Å². The topological polar surface area (TPSA) is 54.3 Å². The van der Waals surface area contributed by atoms with Crippen molar-refractivity contribution in [3.8, 4) is 0 Å². The van der Waals surface area contributed by atoms with E-state index in [4.69, 9.17) is 4.42 Å². The molecule has 0 saturated carbocycles. The predicted octanol–water partition coefficient (Wildman–Crippen LogP) is 2.71. The van der Waals surface area contributed by atoms with Crippen molar-refractivity contribution in [2.75, 3.05) is 19.6 Å². The minimum Gasteiger partial charge on any atom is -0.464 e. The number of carbonyl (C=O) groups excluding carboxylic acids is 1. The molecule has 118 valence electrons. The molecule has 22 heavy (non-hydrogen) atoms. The van der Waals surface area contributed by atoms with Gasteiger partial charge in [0.05, 0.1) is 12.7 Å². The van der Waals surface area contributed by atoms with Gasteiger partial charge in [-0.15, -0.1) is 0 Å². The minimum atomic E-state index is 0.0758. The van der Waals surface area contributed by atoms with Gasteiger partial charge in [0, 0.05) is 17.5 Å². The van der Waals surface area contributed by atoms with Gasteiger partial charge in [0.15, 0.2) is 0 Å². The molecule has 1 aromatic carbocycles. The molecule has 4 heteroatoms. The third-order valence-electron chi connectivity index (χ3n) is 4.73. The summed E-state index contributed by atoms with van der Waals surface area (Å²) in [7, 11) is 0. The number of carbonyl (C=O) groups is 1. The van der Waals surface area contributed by atoms with Crippen molar-refractivity contribution < 1.29 is 9.21 Å². The van der Waals surface area contributed by atoms with Crippen LogP contribution in [0, 0.1) is 19.8 Å². The van der Waals surface area contributed by atoms with Crippen LogP contribution in [0.3, 0.4) is 0 Å². The summed E-state index contributed by atoms with van der Waals surface area (Å²) in [6.45, 7) is 7.08. The lowest BCUT2D eigenvalue weighted by Gasteiger charge is -2.09. The van der Waals surface area contributed by atoms with Crippen LogP contribution >= 0.6 is 0 Å². The van der Waals surface area contributed by atoms with Crippen LogP contribution in [0.15, 0.2) is 22.8 Å². The van der Waals surface area contributed by atoms with Crippen LogP contribution < -0.4 is 10.6 Å². The second kappa shape index (κ2) is 6.53. The molecule has 1 aliphatic heterocycles. The van der Waals surface area contributed by atoms with E-state index in [2.05, 4.69) is 30.5 Å². The average Bonchev–Trinajstić information content (AvgIpc) is 3.13. The summed E-state index contributed by atoms with van der Waals surface area (Å²) in [6, 6.07) is 4.13. The third-order valence-corrected chi connectivity index (χ3v) is 4.73. The summed E-state index contributed by atoms with van der Waals surface area (Å²) in [5, 5.41) is 7.44. The molecule has 3 rings (SSSR count). The second-order valence-corrected chi connectivity index (χ2v) is 6.32. The molecule has 4 nitrogen and oxygen atoms in total. The standard InChI is InChI=1S/C18H24N2O2/c1-12-3-4-16-15(11-22-18(16)13(12)2)9-17(21)20-8-6-14-5-7-19-10-14/h3-4,11,14,19H,5-10H2,1-2H3,(H,20,21). The molecule has 1 amide bonds. The lowest BCUT2D eigenvalue weighted by atomic mass is 10.0. The van der Waals surface area contributed by atoms with Crippen LogP contribution in [-0.2, 0) is 11.2 Å². The summed E-state index contributed by atoms with van der Waals surface area (Å²) in [5.74, 6) is 0.785. The molecule has 1 saturated heterocycles. The zero-order valence-corrected chi connectivity index (χ0v) is 13.4. The molecular weight excluding hydrogens is 276 g/mol. The Bertz CT molecular complexity index is 669. The average molecular weight is 300 g/mol. The Morgan fingerprint density at radius 3 is 3.05 bits per heavy atom. The van der Waals surface area contributed by atoms with Crippen LogP contribution in [0.25, 0.3) is 11.0 Å². The lowest BCUT2D eigenvalue weighted by Crippen LogP contribution is -2.27. The summed E-state index contributed by atoms with van der Waals surface area (Å²) in [4.78, 5) is 12.1. The number of fused-ring (bicyclic) bond motifs is 1. The molecule has 1 aromatic heterocycles. The van der Waals surface area contributed by atoms with Gasteiger partial charge in [0.2, 0.25) is 5.91 Å². The second-order valence-electron chi connectivity index (χ2n) is 6.32. The van der Waals surface area contributed by atoms with Crippen molar-refractivity contribution >= 4 is 16.9 Å². The van der Waals surface area contributed by atoms with Crippen LogP contribution in [0.5, 0.6) is 0 Å². The molecule has 0 spiro atoms. The largest absolute Gasteiger partial charge is 0.464 e. The maximum absolute atomic E-state index is 12.1. The number of hydrogen-bond acceptors (Lipinski definition) is 3. The summed E-state index contributed by atoms with van der Waals surface area (Å²) in [6.07, 6.45) is 4.39. The third kappa shape index (κ3) is 3.17. The molecule has 1 atom stereocenters. The highest BCUT2D eigenvalue weighted by molar-refractivity contribution is 5.89. The summed E-state index contributed by atoms with van der Waals surface area (Å²) in [5.41, 5.74) is 4.24. The van der Waals surface area contributed by atoms with E-state index in [1.54, 1.807) is 6.26 Å². The van der Waals surface area contributed by atoms with E-state index in [-0.39, 0.29) is 5.91 Å². The molecule has 2 heterocycles. The molecule has 1 aliphatic rings. The Hall–Kier alpha value is -1.81. The summed E-state index contributed by atoms with van der Waals surface area (Å²) >= 11 is 0. The Morgan fingerprint density at radius 1 is 1.41 bits per heavy atom. The van der Waals surface area contributed by atoms with Crippen LogP contribution in [0.2, 0.25) is 0 Å². The van der Waals surface area contributed by atoms with Gasteiger partial charge in [-0.25, -0.2) is 0 Å². The molecule has 0 radical (unpaired) electrons. The highest BCUT2D eigenvalue weighted by Crippen LogP contribution is 2.26. The predicted molar refractivity (Wildman–Crippen MR) is 88.0 cm³/mol. The van der Waals surface area contributed by atoms with E-state index >= 15 is 0 Å². The zero-order chi connectivity index (χ0) is 15.5. The number of hydrogen-bond donors (Lipinski definition) is 2. The first-order valence-electron chi connectivity index (χ1n) is 8.09. The van der Waals surface area contributed by atoms with Crippen molar-refractivity contribution in [3.05, 3.63) is 35.1 Å². The van der Waals surface area contributed by atoms with Crippen molar-refractivity contribution in [1.82, 2.24) is 10.6 Å². The van der Waals surface area contributed by atoms with Crippen molar-refractivity contribution in [2.24, 2.45) is 5.92 Å². The Kier molecular flexibility index (Phi) is 4.48. The highest BCUT2D eigenvalue weighted by atomic mass is 16.3. The van der Waals surface area contributed by atoms with Gasteiger partial charge in [0.25, 0.3) is 0 Å². The maximum Gasteiger partial charge on any atom is 0.224 e. The fourth-order valence-electron chi connectivity index (χ4n) is 3.14. The van der Waals surface area contributed by atoms with Gasteiger partial charge >= 0.3 is 0 Å². The lowest BCUT2D eigenvalue weighted by molar-refractivity contribution is -0.120. The van der Waals surface area contributed by atoms with Gasteiger partial charge in [0.1, 0.15) is 5.58 Å². The SMILES string of the molecule is Cc1ccc2c(CC(=O)NCCC3CCNC3)coc2c1C. The maximum atomic E-state index is 12.1. The summed E-state index contributed by atoms with van der Waals surface area (Å²) < 4.78 is 5.66. The van der Waals surface area contributed by atoms with E-state index < -0.39 is 0 Å². The fourth-order valence-corrected chi connectivity index (χ4v) is 3.14. The molecule has 2 N–H and O–H groups in total. The molecular formula is C18H24N2O2. The first kappa shape index (κ1) is 15.1. The van der Waals surface area contributed by atoms with Gasteiger partial charge in [-0.1, -0.05) is 12.1 Å². The van der Waals surface area contributed by atoms with Crippen molar-refractivity contribution in [1.29, 1.82) is 0 Å². The number of furan rings is 1. The quantitative estimate of drug-likeness (QED) is 0.892. The Labute approximate surface area is 131 Å². The molecule has 1 unspecified atom stereocenters. The zero-order valence-electron chi connectivity index (χ0n) is 13.4. The van der Waals surface area contributed by atoms with Crippen LogP contribution in [-0.4, -0.2) is 25.5 Å². The fraction of sp³-hybridized carbons (Fsp3) is 0.500. The van der Waals surface area contributed by atoms with Gasteiger partial charge in [-0.3, -0.25) is 4.79 Å². The highest BCUT2D eigenvalue weighted by Gasteiger charge is 2.15.